The average molecular weight is 439 g/mol. The molecule has 1 N–H and O–H groups in total. The summed E-state index contributed by atoms with van der Waals surface area (Å²) in [6.45, 7) is 5.36. The van der Waals surface area contributed by atoms with Crippen LogP contribution in [0.1, 0.15) is 37.0 Å². The Balaban J connectivity index is 1.81. The molecule has 0 bridgehead atoms. The quantitative estimate of drug-likeness (QED) is 0.539. The summed E-state index contributed by atoms with van der Waals surface area (Å²) in [6.07, 6.45) is 1.52. The third kappa shape index (κ3) is 6.73. The molecule has 6 nitrogen and oxygen atoms in total. The summed E-state index contributed by atoms with van der Waals surface area (Å²) in [4.78, 5) is 12.5. The molecule has 2 aromatic rings. The topological polar surface area (TPSA) is 75.7 Å². The Morgan fingerprint density at radius 1 is 1.07 bits per heavy atom. The molecule has 0 aliphatic carbocycles. The lowest BCUT2D eigenvalue weighted by atomic mass is 10.2. The van der Waals surface area contributed by atoms with Crippen molar-refractivity contribution in [2.45, 2.75) is 31.6 Å². The number of hydrogen-bond acceptors (Lipinski definition) is 4. The largest absolute Gasteiger partial charge is 0.494 e. The Morgan fingerprint density at radius 2 is 1.76 bits per heavy atom. The zero-order chi connectivity index (χ0) is 21.3. The van der Waals surface area contributed by atoms with Crippen LogP contribution < -0.4 is 10.1 Å². The molecule has 0 aromatic heterocycles. The summed E-state index contributed by atoms with van der Waals surface area (Å²) < 4.78 is 32.2. The number of ether oxygens (including phenoxy) is 1. The van der Waals surface area contributed by atoms with Crippen LogP contribution in [0.2, 0.25) is 5.02 Å². The lowest BCUT2D eigenvalue weighted by Crippen LogP contribution is -2.31. The number of unbranched alkanes of at least 4 members (excludes halogenated alkanes) is 1. The van der Waals surface area contributed by atoms with Gasteiger partial charge in [-0.1, -0.05) is 31.5 Å². The maximum atomic E-state index is 12.6. The number of nitrogens with one attached hydrogen (secondary N) is 1. The Labute approximate surface area is 177 Å². The van der Waals surface area contributed by atoms with Gasteiger partial charge in [0.2, 0.25) is 10.0 Å². The van der Waals surface area contributed by atoms with E-state index in [2.05, 4.69) is 5.32 Å². The standard InChI is InChI=1S/C21H27ClN2O4S/c1-3-24(4-2)29(26,27)20-9-7-8-17(16-20)21(25)23-14-5-6-15-28-19-12-10-18(22)11-13-19/h7-13,16H,3-6,14-15H2,1-2H3,(H,23,25). The van der Waals surface area contributed by atoms with Gasteiger partial charge in [0.05, 0.1) is 11.5 Å². The predicted molar refractivity (Wildman–Crippen MR) is 115 cm³/mol. The monoisotopic (exact) mass is 438 g/mol. The molecule has 29 heavy (non-hydrogen) atoms. The van der Waals surface area contributed by atoms with Crippen molar-refractivity contribution >= 4 is 27.5 Å². The van der Waals surface area contributed by atoms with Crippen molar-refractivity contribution in [1.82, 2.24) is 9.62 Å². The molecule has 158 valence electrons. The number of carbonyl (C=O) groups is 1. The van der Waals surface area contributed by atoms with Crippen LogP contribution in [-0.2, 0) is 10.0 Å². The zero-order valence-electron chi connectivity index (χ0n) is 16.7. The first-order valence-electron chi connectivity index (χ1n) is 9.65. The fraction of sp³-hybridized carbons (Fsp3) is 0.381. The van der Waals surface area contributed by atoms with E-state index in [1.807, 2.05) is 12.1 Å². The SMILES string of the molecule is CCN(CC)S(=O)(=O)c1cccc(C(=O)NCCCCOc2ccc(Cl)cc2)c1. The molecule has 0 radical (unpaired) electrons. The molecular formula is C21H27ClN2O4S. The Morgan fingerprint density at radius 3 is 2.41 bits per heavy atom. The molecule has 2 rings (SSSR count). The van der Waals surface area contributed by atoms with Gasteiger partial charge >= 0.3 is 0 Å². The number of carbonyl (C=O) groups excluding carboxylic acids is 1. The summed E-state index contributed by atoms with van der Waals surface area (Å²) >= 11 is 5.83. The lowest BCUT2D eigenvalue weighted by molar-refractivity contribution is 0.0952. The highest BCUT2D eigenvalue weighted by molar-refractivity contribution is 7.89. The smallest absolute Gasteiger partial charge is 0.251 e. The summed E-state index contributed by atoms with van der Waals surface area (Å²) in [5.74, 6) is 0.463. The van der Waals surface area contributed by atoms with Crippen molar-refractivity contribution in [3.05, 3.63) is 59.1 Å². The van der Waals surface area contributed by atoms with Crippen molar-refractivity contribution in [3.8, 4) is 5.75 Å². The van der Waals surface area contributed by atoms with Crippen molar-refractivity contribution in [3.63, 3.8) is 0 Å². The van der Waals surface area contributed by atoms with Crippen LogP contribution in [0.4, 0.5) is 0 Å². The van der Waals surface area contributed by atoms with Gasteiger partial charge in [-0.2, -0.15) is 4.31 Å². The molecule has 0 atom stereocenters. The molecule has 0 aliphatic heterocycles. The number of benzene rings is 2. The van der Waals surface area contributed by atoms with Crippen molar-refractivity contribution < 1.29 is 17.9 Å². The van der Waals surface area contributed by atoms with E-state index in [4.69, 9.17) is 16.3 Å². The van der Waals surface area contributed by atoms with Gasteiger partial charge in [-0.3, -0.25) is 4.79 Å². The zero-order valence-corrected chi connectivity index (χ0v) is 18.3. The lowest BCUT2D eigenvalue weighted by Gasteiger charge is -2.18. The van der Waals surface area contributed by atoms with Gasteiger partial charge in [-0.15, -0.1) is 0 Å². The second-order valence-electron chi connectivity index (χ2n) is 6.38. The Kier molecular flexibility index (Phi) is 8.95. The number of hydrogen-bond donors (Lipinski definition) is 1. The van der Waals surface area contributed by atoms with Gasteiger partial charge in [0.25, 0.3) is 5.91 Å². The van der Waals surface area contributed by atoms with Crippen molar-refractivity contribution in [1.29, 1.82) is 0 Å². The second kappa shape index (κ2) is 11.2. The molecule has 2 aromatic carbocycles. The van der Waals surface area contributed by atoms with E-state index in [-0.39, 0.29) is 10.8 Å². The molecule has 8 heteroatoms. The van der Waals surface area contributed by atoms with E-state index < -0.39 is 10.0 Å². The number of sulfonamides is 1. The van der Waals surface area contributed by atoms with Crippen LogP contribution in [0.3, 0.4) is 0 Å². The van der Waals surface area contributed by atoms with Gasteiger partial charge in [0, 0.05) is 30.2 Å². The van der Waals surface area contributed by atoms with Gasteiger partial charge < -0.3 is 10.1 Å². The average Bonchev–Trinajstić information content (AvgIpc) is 2.72. The number of halogens is 1. The third-order valence-electron chi connectivity index (χ3n) is 4.38. The minimum absolute atomic E-state index is 0.130. The molecule has 0 heterocycles. The van der Waals surface area contributed by atoms with Crippen LogP contribution in [0.25, 0.3) is 0 Å². The van der Waals surface area contributed by atoms with Gasteiger partial charge in [0.15, 0.2) is 0 Å². The highest BCUT2D eigenvalue weighted by Crippen LogP contribution is 2.17. The number of amides is 1. The first-order valence-corrected chi connectivity index (χ1v) is 11.5. The Bertz CT molecular complexity index is 897. The normalized spacial score (nSPS) is 11.4. The first kappa shape index (κ1) is 23.2. The summed E-state index contributed by atoms with van der Waals surface area (Å²) in [7, 11) is -3.59. The van der Waals surface area contributed by atoms with E-state index in [1.54, 1.807) is 38.1 Å². The first-order chi connectivity index (χ1) is 13.9. The summed E-state index contributed by atoms with van der Waals surface area (Å²) in [6, 6.07) is 13.3. The van der Waals surface area contributed by atoms with Crippen LogP contribution in [0, 0.1) is 0 Å². The fourth-order valence-corrected chi connectivity index (χ4v) is 4.39. The van der Waals surface area contributed by atoms with Crippen LogP contribution >= 0.6 is 11.6 Å². The highest BCUT2D eigenvalue weighted by Gasteiger charge is 2.22. The van der Waals surface area contributed by atoms with Gasteiger partial charge in [-0.05, 0) is 55.3 Å². The van der Waals surface area contributed by atoms with Crippen molar-refractivity contribution in [2.24, 2.45) is 0 Å². The molecule has 0 saturated heterocycles. The van der Waals surface area contributed by atoms with Crippen molar-refractivity contribution in [2.75, 3.05) is 26.2 Å². The molecule has 0 unspecified atom stereocenters. The minimum Gasteiger partial charge on any atom is -0.494 e. The molecular weight excluding hydrogens is 412 g/mol. The molecule has 0 spiro atoms. The van der Waals surface area contributed by atoms with E-state index in [1.165, 1.54) is 16.4 Å². The maximum Gasteiger partial charge on any atom is 0.251 e. The number of rotatable bonds is 11. The highest BCUT2D eigenvalue weighted by atomic mass is 35.5. The molecule has 0 saturated carbocycles. The Hall–Kier alpha value is -2.09. The van der Waals surface area contributed by atoms with E-state index >= 15 is 0 Å². The van der Waals surface area contributed by atoms with E-state index in [0.29, 0.717) is 36.8 Å². The fourth-order valence-electron chi connectivity index (χ4n) is 2.76. The predicted octanol–water partition coefficient (Wildman–Crippen LogP) is 3.96. The minimum atomic E-state index is -3.59. The van der Waals surface area contributed by atoms with Crippen LogP contribution in [0.15, 0.2) is 53.4 Å². The van der Waals surface area contributed by atoms with Gasteiger partial charge in [0.1, 0.15) is 5.75 Å². The summed E-state index contributed by atoms with van der Waals surface area (Å²) in [5.41, 5.74) is 0.329. The van der Waals surface area contributed by atoms with E-state index in [9.17, 15) is 13.2 Å². The maximum absolute atomic E-state index is 12.6. The summed E-state index contributed by atoms with van der Waals surface area (Å²) in [5, 5.41) is 3.48. The molecule has 0 aliphatic rings. The van der Waals surface area contributed by atoms with Gasteiger partial charge in [-0.25, -0.2) is 8.42 Å². The van der Waals surface area contributed by atoms with Crippen LogP contribution in [-0.4, -0.2) is 44.9 Å². The van der Waals surface area contributed by atoms with Crippen LogP contribution in [0.5, 0.6) is 5.75 Å². The second-order valence-corrected chi connectivity index (χ2v) is 8.76. The molecule has 1 amide bonds. The number of nitrogens with zero attached hydrogens (tertiary/aromatic N) is 1. The molecule has 0 fully saturated rings. The third-order valence-corrected chi connectivity index (χ3v) is 6.68. The van der Waals surface area contributed by atoms with E-state index in [0.717, 1.165) is 18.6 Å².